The van der Waals surface area contributed by atoms with Crippen LogP contribution in [-0.4, -0.2) is 47.0 Å². The van der Waals surface area contributed by atoms with Crippen molar-refractivity contribution in [3.8, 4) is 0 Å². The van der Waals surface area contributed by atoms with E-state index in [1.807, 2.05) is 13.8 Å². The smallest absolute Gasteiger partial charge is 0.247 e. The monoisotopic (exact) mass is 252 g/mol. The van der Waals surface area contributed by atoms with Gasteiger partial charge in [-0.25, -0.2) is 0 Å². The fraction of sp³-hybridized carbons (Fsp3) is 0.846. The molecule has 18 heavy (non-hydrogen) atoms. The van der Waals surface area contributed by atoms with Gasteiger partial charge in [0.05, 0.1) is 24.7 Å². The van der Waals surface area contributed by atoms with Gasteiger partial charge in [-0.3, -0.25) is 19.8 Å². The highest BCUT2D eigenvalue weighted by Gasteiger charge is 2.46. The molecule has 3 aliphatic heterocycles. The van der Waals surface area contributed by atoms with Gasteiger partial charge in [0.1, 0.15) is 0 Å². The molecule has 0 saturated carbocycles. The number of nitrogens with one attached hydrogen (secondary N) is 1. The molecular formula is C13H20N2O3. The fourth-order valence-corrected chi connectivity index (χ4v) is 3.40. The summed E-state index contributed by atoms with van der Waals surface area (Å²) in [5.41, 5.74) is 0. The number of rotatable bonds is 3. The first-order valence-electron chi connectivity index (χ1n) is 6.83. The molecule has 0 aromatic rings. The summed E-state index contributed by atoms with van der Waals surface area (Å²) in [6, 6.07) is -0.140. The van der Waals surface area contributed by atoms with Gasteiger partial charge >= 0.3 is 0 Å². The van der Waals surface area contributed by atoms with Crippen molar-refractivity contribution in [1.29, 1.82) is 0 Å². The van der Waals surface area contributed by atoms with E-state index in [0.717, 1.165) is 19.3 Å². The summed E-state index contributed by atoms with van der Waals surface area (Å²) in [6.45, 7) is 3.75. The molecule has 0 aromatic heterocycles. The first-order chi connectivity index (χ1) is 8.56. The molecule has 3 saturated heterocycles. The van der Waals surface area contributed by atoms with Crippen molar-refractivity contribution in [2.75, 3.05) is 0 Å². The van der Waals surface area contributed by atoms with E-state index in [0.29, 0.717) is 12.5 Å². The molecule has 3 fully saturated rings. The minimum absolute atomic E-state index is 0.0481. The molecule has 1 N–H and O–H groups in total. The van der Waals surface area contributed by atoms with Gasteiger partial charge < -0.3 is 4.74 Å². The van der Waals surface area contributed by atoms with E-state index in [2.05, 4.69) is 5.32 Å². The van der Waals surface area contributed by atoms with E-state index >= 15 is 0 Å². The van der Waals surface area contributed by atoms with Gasteiger partial charge in [0.2, 0.25) is 11.8 Å². The highest BCUT2D eigenvalue weighted by atomic mass is 16.5. The van der Waals surface area contributed by atoms with Crippen LogP contribution >= 0.6 is 0 Å². The van der Waals surface area contributed by atoms with Gasteiger partial charge in [-0.15, -0.1) is 0 Å². The lowest BCUT2D eigenvalue weighted by Gasteiger charge is -2.24. The molecule has 4 unspecified atom stereocenters. The molecule has 0 spiro atoms. The van der Waals surface area contributed by atoms with Crippen LogP contribution in [0.2, 0.25) is 0 Å². The van der Waals surface area contributed by atoms with Crippen molar-refractivity contribution < 1.29 is 14.3 Å². The molecule has 0 radical (unpaired) electrons. The van der Waals surface area contributed by atoms with Crippen molar-refractivity contribution in [1.82, 2.24) is 10.2 Å². The van der Waals surface area contributed by atoms with Crippen molar-refractivity contribution in [2.24, 2.45) is 0 Å². The maximum atomic E-state index is 12.2. The normalized spacial score (nSPS) is 39.4. The van der Waals surface area contributed by atoms with Crippen molar-refractivity contribution in [3.05, 3.63) is 0 Å². The van der Waals surface area contributed by atoms with E-state index in [1.165, 1.54) is 4.90 Å². The Bertz CT molecular complexity index is 382. The third-order valence-corrected chi connectivity index (χ3v) is 4.22. The van der Waals surface area contributed by atoms with E-state index in [1.54, 1.807) is 0 Å². The number of amides is 2. The summed E-state index contributed by atoms with van der Waals surface area (Å²) in [4.78, 5) is 25.3. The first-order valence-corrected chi connectivity index (χ1v) is 6.83. The van der Waals surface area contributed by atoms with Crippen LogP contribution in [0, 0.1) is 0 Å². The molecule has 3 rings (SSSR count). The Kier molecular flexibility index (Phi) is 2.90. The minimum atomic E-state index is -0.340. The Hall–Kier alpha value is -0.940. The number of imide groups is 1. The van der Waals surface area contributed by atoms with Gasteiger partial charge in [0.15, 0.2) is 0 Å². The number of fused-ring (bicyclic) bond motifs is 2. The zero-order valence-corrected chi connectivity index (χ0v) is 10.9. The van der Waals surface area contributed by atoms with E-state index in [9.17, 15) is 9.59 Å². The SMILES string of the molecule is CC(C)N1C(=O)CC(NC2CC3CCC2O3)C1=O. The van der Waals surface area contributed by atoms with Crippen LogP contribution in [0.3, 0.4) is 0 Å². The van der Waals surface area contributed by atoms with Gasteiger partial charge in [-0.05, 0) is 33.1 Å². The number of hydrogen-bond acceptors (Lipinski definition) is 4. The Labute approximate surface area is 107 Å². The van der Waals surface area contributed by atoms with Crippen LogP contribution in [0.15, 0.2) is 0 Å². The van der Waals surface area contributed by atoms with Crippen LogP contribution in [0.1, 0.15) is 39.5 Å². The number of ether oxygens (including phenoxy) is 1. The standard InChI is InChI=1S/C13H20N2O3/c1-7(2)15-12(16)6-10(13(15)17)14-9-5-8-3-4-11(9)18-8/h7-11,14H,3-6H2,1-2H3. The number of carbonyl (C=O) groups excluding carboxylic acids is 2. The van der Waals surface area contributed by atoms with Crippen LogP contribution in [0.5, 0.6) is 0 Å². The lowest BCUT2D eigenvalue weighted by Crippen LogP contribution is -2.48. The van der Waals surface area contributed by atoms with Crippen LogP contribution in [0.25, 0.3) is 0 Å². The van der Waals surface area contributed by atoms with Gasteiger partial charge in [-0.1, -0.05) is 0 Å². The summed E-state index contributed by atoms with van der Waals surface area (Å²) in [7, 11) is 0. The van der Waals surface area contributed by atoms with Crippen LogP contribution in [0.4, 0.5) is 0 Å². The quantitative estimate of drug-likeness (QED) is 0.740. The Balaban J connectivity index is 1.64. The van der Waals surface area contributed by atoms with Crippen LogP contribution < -0.4 is 5.32 Å². The molecule has 5 nitrogen and oxygen atoms in total. The number of likely N-dealkylation sites (tertiary alicyclic amines) is 1. The third-order valence-electron chi connectivity index (χ3n) is 4.22. The highest BCUT2D eigenvalue weighted by molar-refractivity contribution is 6.05. The number of nitrogens with zero attached hydrogens (tertiary/aromatic N) is 1. The molecule has 2 bridgehead atoms. The summed E-state index contributed by atoms with van der Waals surface area (Å²) >= 11 is 0. The summed E-state index contributed by atoms with van der Waals surface area (Å²) in [5, 5.41) is 3.34. The molecule has 4 atom stereocenters. The second-order valence-corrected chi connectivity index (χ2v) is 5.84. The topological polar surface area (TPSA) is 58.6 Å². The average molecular weight is 252 g/mol. The summed E-state index contributed by atoms with van der Waals surface area (Å²) in [5.74, 6) is -0.130. The lowest BCUT2D eigenvalue weighted by molar-refractivity contribution is -0.140. The van der Waals surface area contributed by atoms with E-state index < -0.39 is 0 Å². The van der Waals surface area contributed by atoms with Crippen molar-refractivity contribution in [3.63, 3.8) is 0 Å². The Morgan fingerprint density at radius 2 is 2.11 bits per heavy atom. The van der Waals surface area contributed by atoms with E-state index in [4.69, 9.17) is 4.74 Å². The van der Waals surface area contributed by atoms with Crippen LogP contribution in [-0.2, 0) is 14.3 Å². The number of carbonyl (C=O) groups is 2. The molecule has 3 aliphatic rings. The molecule has 2 amide bonds. The Morgan fingerprint density at radius 3 is 2.61 bits per heavy atom. The molecule has 5 heteroatoms. The Morgan fingerprint density at radius 1 is 1.33 bits per heavy atom. The highest BCUT2D eigenvalue weighted by Crippen LogP contribution is 2.35. The van der Waals surface area contributed by atoms with Crippen molar-refractivity contribution in [2.45, 2.75) is 69.9 Å². The largest absolute Gasteiger partial charge is 0.373 e. The van der Waals surface area contributed by atoms with Gasteiger partial charge in [0.25, 0.3) is 0 Å². The zero-order chi connectivity index (χ0) is 12.9. The van der Waals surface area contributed by atoms with Gasteiger partial charge in [0, 0.05) is 12.1 Å². The maximum Gasteiger partial charge on any atom is 0.247 e. The van der Waals surface area contributed by atoms with Gasteiger partial charge in [-0.2, -0.15) is 0 Å². The zero-order valence-electron chi connectivity index (χ0n) is 10.9. The average Bonchev–Trinajstić information content (AvgIpc) is 2.94. The lowest BCUT2D eigenvalue weighted by atomic mass is 9.95. The second kappa shape index (κ2) is 4.31. The molecule has 0 aliphatic carbocycles. The second-order valence-electron chi connectivity index (χ2n) is 5.84. The van der Waals surface area contributed by atoms with E-state index in [-0.39, 0.29) is 36.0 Å². The minimum Gasteiger partial charge on any atom is -0.373 e. The molecular weight excluding hydrogens is 232 g/mol. The van der Waals surface area contributed by atoms with Crippen molar-refractivity contribution >= 4 is 11.8 Å². The number of hydrogen-bond donors (Lipinski definition) is 1. The summed E-state index contributed by atoms with van der Waals surface area (Å²) < 4.78 is 5.76. The fourth-order valence-electron chi connectivity index (χ4n) is 3.40. The predicted octanol–water partition coefficient (Wildman–Crippen LogP) is 0.432. The predicted molar refractivity (Wildman–Crippen MR) is 64.8 cm³/mol. The third kappa shape index (κ3) is 1.86. The maximum absolute atomic E-state index is 12.2. The molecule has 3 heterocycles. The summed E-state index contributed by atoms with van der Waals surface area (Å²) in [6.07, 6.45) is 4.09. The molecule has 0 aromatic carbocycles. The molecule has 100 valence electrons. The first kappa shape index (κ1) is 12.1.